The van der Waals surface area contributed by atoms with Gasteiger partial charge in [0.15, 0.2) is 0 Å². The molecule has 9 nitrogen and oxygen atoms in total. The first kappa shape index (κ1) is 37.8. The Kier molecular flexibility index (Phi) is 13.6. The van der Waals surface area contributed by atoms with E-state index in [0.717, 1.165) is 0 Å². The van der Waals surface area contributed by atoms with Gasteiger partial charge in [-0.25, -0.2) is 9.59 Å². The molecule has 0 aliphatic carbocycles. The first-order valence-electron chi connectivity index (χ1n) is 11.2. The Bertz CT molecular complexity index is 1610. The lowest BCUT2D eigenvalue weighted by Gasteiger charge is -2.27. The normalized spacial score (nSPS) is 11.7. The lowest BCUT2D eigenvalue weighted by molar-refractivity contribution is -0.150. The molecule has 3 rings (SSSR count). The lowest BCUT2D eigenvalue weighted by atomic mass is 9.93. The second kappa shape index (κ2) is 15.5. The van der Waals surface area contributed by atoms with E-state index >= 15 is 0 Å². The Morgan fingerprint density at radius 3 is 1.42 bits per heavy atom. The third-order valence-corrected chi connectivity index (χ3v) is 12.2. The van der Waals surface area contributed by atoms with Crippen LogP contribution >= 0.6 is 141 Å². The molecule has 0 unspecified atom stereocenters. The summed E-state index contributed by atoms with van der Waals surface area (Å²) in [4.78, 5) is 39.4. The highest BCUT2D eigenvalue weighted by atomic mass is 127. The minimum absolute atomic E-state index is 0.0492. The molecule has 3 aromatic carbocycles. The number of hydrogen-bond donors (Lipinski definition) is 1. The van der Waals surface area contributed by atoms with Crippen molar-refractivity contribution in [1.82, 2.24) is 0 Å². The fourth-order valence-electron chi connectivity index (χ4n) is 3.30. The van der Waals surface area contributed by atoms with Crippen molar-refractivity contribution in [2.45, 2.75) is 11.8 Å². The van der Waals surface area contributed by atoms with Crippen LogP contribution in [0.5, 0.6) is 5.75 Å². The highest BCUT2D eigenvalue weighted by Crippen LogP contribution is 2.34. The van der Waals surface area contributed by atoms with E-state index < -0.39 is 46.7 Å². The van der Waals surface area contributed by atoms with Crippen LogP contribution in [0.25, 0.3) is 0 Å². The van der Waals surface area contributed by atoms with Gasteiger partial charge in [0, 0.05) is 34.0 Å². The van der Waals surface area contributed by atoms with Crippen LogP contribution in [0.3, 0.4) is 0 Å². The largest absolute Gasteiger partial charge is 0.461 e. The number of carbonyl (C=O) groups is 3. The number of benzene rings is 3. The predicted molar refractivity (Wildman–Crippen MR) is 195 cm³/mol. The van der Waals surface area contributed by atoms with Crippen LogP contribution in [0.2, 0.25) is 0 Å². The zero-order chi connectivity index (χ0) is 32.4. The summed E-state index contributed by atoms with van der Waals surface area (Å²) in [5, 5.41) is 0. The maximum absolute atomic E-state index is 13.6. The molecule has 3 aromatic rings. The van der Waals surface area contributed by atoms with E-state index in [2.05, 4.69) is 95.6 Å². The maximum Gasteiger partial charge on any atom is 0.340 e. The molecule has 0 aliphatic rings. The predicted octanol–water partition coefficient (Wildman–Crippen LogP) is 9.34. The average molecular weight is 1220 g/mol. The van der Waals surface area contributed by atoms with Crippen molar-refractivity contribution < 1.29 is 41.6 Å². The molecule has 0 aliphatic heterocycles. The van der Waals surface area contributed by atoms with Gasteiger partial charge in [-0.1, -0.05) is 31.9 Å². The van der Waals surface area contributed by atoms with E-state index in [0.29, 0.717) is 26.8 Å². The molecule has 0 bridgehead atoms. The van der Waals surface area contributed by atoms with Crippen LogP contribution in [0.4, 0.5) is 0 Å². The number of ether oxygens (including phenoxy) is 3. The molecule has 43 heavy (non-hydrogen) atoms. The van der Waals surface area contributed by atoms with E-state index in [9.17, 15) is 27.4 Å². The van der Waals surface area contributed by atoms with Gasteiger partial charge in [-0.15, -0.1) is 0 Å². The molecule has 1 N–H and O–H groups in total. The van der Waals surface area contributed by atoms with E-state index in [1.54, 1.807) is 69.4 Å². The molecule has 0 spiro atoms. The van der Waals surface area contributed by atoms with Gasteiger partial charge in [0.2, 0.25) is 0 Å². The van der Waals surface area contributed by atoms with Gasteiger partial charge in [-0.05, 0) is 152 Å². The van der Waals surface area contributed by atoms with Crippen molar-refractivity contribution in [2.24, 2.45) is 5.41 Å². The smallest absolute Gasteiger partial charge is 0.340 e. The van der Waals surface area contributed by atoms with Crippen molar-refractivity contribution in [1.29, 1.82) is 0 Å². The third-order valence-electron chi connectivity index (χ3n) is 5.40. The quantitative estimate of drug-likeness (QED) is 0.0964. The summed E-state index contributed by atoms with van der Waals surface area (Å²) in [6.45, 7) is 0.259. The van der Waals surface area contributed by atoms with E-state index in [4.69, 9.17) is 14.2 Å². The minimum Gasteiger partial charge on any atom is -0.461 e. The van der Waals surface area contributed by atoms with Crippen molar-refractivity contribution in [3.63, 3.8) is 0 Å². The number of carbonyl (C=O) groups excluding carboxylic acids is 3. The molecule has 0 atom stereocenters. The van der Waals surface area contributed by atoms with Crippen LogP contribution in [0.15, 0.2) is 68.1 Å². The molecule has 0 amide bonds. The maximum atomic E-state index is 13.6. The molecule has 230 valence electrons. The minimum atomic E-state index is -4.54. The van der Waals surface area contributed by atoms with Crippen LogP contribution in [-0.2, 0) is 24.4 Å². The Labute approximate surface area is 323 Å². The monoisotopic (exact) mass is 1220 g/mol. The molecule has 0 fully saturated rings. The molecule has 0 aromatic heterocycles. The summed E-state index contributed by atoms with van der Waals surface area (Å²) in [5.74, 6) is -2.55. The molecule has 0 saturated carbocycles. The van der Waals surface area contributed by atoms with Crippen LogP contribution < -0.4 is 4.74 Å². The summed E-state index contributed by atoms with van der Waals surface area (Å²) in [6.07, 6.45) is 0. The summed E-state index contributed by atoms with van der Waals surface area (Å²) in [7, 11) is -4.54. The van der Waals surface area contributed by atoms with Crippen molar-refractivity contribution in [3.8, 4) is 5.75 Å². The SMILES string of the molecule is CC(COC(=O)c1c(Br)cc(Br)cc1Br)(COC(=O)c1c(Br)cc(Br)cc1Br)C(=O)Oc1cc(I)c(S(=O)(=O)O)c(I)c1. The summed E-state index contributed by atoms with van der Waals surface area (Å²) >= 11 is 23.3. The van der Waals surface area contributed by atoms with Crippen molar-refractivity contribution >= 4 is 169 Å². The van der Waals surface area contributed by atoms with E-state index in [-0.39, 0.29) is 28.9 Å². The summed E-state index contributed by atoms with van der Waals surface area (Å²) in [5.41, 5.74) is -1.42. The molecular weight excluding hydrogens is 1210 g/mol. The number of hydrogen-bond acceptors (Lipinski definition) is 8. The first-order valence-corrected chi connectivity index (χ1v) is 19.5. The average Bonchev–Trinajstić information content (AvgIpc) is 2.83. The van der Waals surface area contributed by atoms with Crippen LogP contribution in [0, 0.1) is 12.6 Å². The summed E-state index contributed by atoms with van der Waals surface area (Å²) in [6, 6.07) is 9.06. The zero-order valence-corrected chi connectivity index (χ0v) is 35.7. The van der Waals surface area contributed by atoms with Gasteiger partial charge < -0.3 is 14.2 Å². The standard InChI is InChI=1S/C25H14Br6I2O9S/c1-25(8-40-22(34)19-13(28)2-10(26)3-14(19)29,9-41-23(35)20-15(30)4-11(27)5-16(20)31)24(36)42-12-6-17(32)21(18(33)7-12)43(37,38)39/h2-7H,8-9H2,1H3,(H,37,38,39). The number of halogens is 8. The number of rotatable bonds is 9. The molecule has 0 radical (unpaired) electrons. The van der Waals surface area contributed by atoms with Crippen LogP contribution in [0.1, 0.15) is 27.6 Å². The van der Waals surface area contributed by atoms with Gasteiger partial charge in [0.05, 0.1) is 11.1 Å². The summed E-state index contributed by atoms with van der Waals surface area (Å²) < 4.78 is 52.9. The fraction of sp³-hybridized carbons (Fsp3) is 0.160. The second-order valence-electron chi connectivity index (χ2n) is 8.78. The van der Waals surface area contributed by atoms with Crippen molar-refractivity contribution in [3.05, 3.63) is 81.5 Å². The highest BCUT2D eigenvalue weighted by molar-refractivity contribution is 14.1. The Hall–Kier alpha value is 0.320. The molecule has 0 heterocycles. The molecule has 18 heteroatoms. The third kappa shape index (κ3) is 9.68. The Morgan fingerprint density at radius 1 is 0.744 bits per heavy atom. The topological polar surface area (TPSA) is 133 Å². The van der Waals surface area contributed by atoms with Gasteiger partial charge in [0.25, 0.3) is 10.1 Å². The van der Waals surface area contributed by atoms with Gasteiger partial charge in [-0.3, -0.25) is 9.35 Å². The highest BCUT2D eigenvalue weighted by Gasteiger charge is 2.40. The molecular formula is C25H14Br6I2O9S. The van der Waals surface area contributed by atoms with Crippen molar-refractivity contribution in [2.75, 3.05) is 13.2 Å². The zero-order valence-electron chi connectivity index (χ0n) is 21.0. The van der Waals surface area contributed by atoms with E-state index in [1.165, 1.54) is 19.1 Å². The lowest BCUT2D eigenvalue weighted by Crippen LogP contribution is -2.42. The van der Waals surface area contributed by atoms with Gasteiger partial charge in [0.1, 0.15) is 29.3 Å². The Balaban J connectivity index is 1.93. The van der Waals surface area contributed by atoms with Gasteiger partial charge in [-0.2, -0.15) is 8.42 Å². The van der Waals surface area contributed by atoms with Crippen LogP contribution in [-0.4, -0.2) is 44.1 Å². The second-order valence-corrected chi connectivity index (χ2v) is 17.7. The Morgan fingerprint density at radius 2 is 1.09 bits per heavy atom. The number of esters is 3. The van der Waals surface area contributed by atoms with E-state index in [1.807, 2.05) is 0 Å². The molecule has 0 saturated heterocycles. The van der Waals surface area contributed by atoms with Gasteiger partial charge >= 0.3 is 17.9 Å². The fourth-order valence-corrected chi connectivity index (χ4v) is 12.5. The first-order chi connectivity index (χ1) is 19.8.